The summed E-state index contributed by atoms with van der Waals surface area (Å²) in [4.78, 5) is 0. The largest absolute Gasteiger partial charge is 0.347 e. The molecule has 0 aromatic carbocycles. The fraction of sp³-hybridized carbons (Fsp3) is 1.00. The minimum atomic E-state index is -2.51. The predicted octanol–water partition coefficient (Wildman–Crippen LogP) is 5.15. The molecule has 3 aliphatic rings. The molecule has 0 unspecified atom stereocenters. The Hall–Kier alpha value is 1.09. The third-order valence-electron chi connectivity index (χ3n) is 4.18. The van der Waals surface area contributed by atoms with Gasteiger partial charge in [0.25, 0.3) is 0 Å². The standard InChI is InChI=1S/C10H17Cl3Si/c11-14(12,13)10-6-2-1-3-9(4-7-10)5-8-10/h9H,1-8H2. The van der Waals surface area contributed by atoms with E-state index < -0.39 is 6.00 Å². The maximum absolute atomic E-state index is 6.29. The summed E-state index contributed by atoms with van der Waals surface area (Å²) in [6, 6.07) is -2.51. The third kappa shape index (κ3) is 2.11. The Morgan fingerprint density at radius 1 is 0.857 bits per heavy atom. The lowest BCUT2D eigenvalue weighted by atomic mass is 9.74. The van der Waals surface area contributed by atoms with Gasteiger partial charge in [0.15, 0.2) is 0 Å². The van der Waals surface area contributed by atoms with E-state index in [-0.39, 0.29) is 5.04 Å². The van der Waals surface area contributed by atoms with Crippen LogP contribution in [0, 0.1) is 5.92 Å². The molecule has 0 atom stereocenters. The van der Waals surface area contributed by atoms with Gasteiger partial charge in [0, 0.05) is 5.04 Å². The van der Waals surface area contributed by atoms with E-state index in [1.807, 2.05) is 0 Å². The summed E-state index contributed by atoms with van der Waals surface area (Å²) in [5.74, 6) is 0.935. The van der Waals surface area contributed by atoms with Crippen LogP contribution in [0.25, 0.3) is 0 Å². The second kappa shape index (κ2) is 4.16. The van der Waals surface area contributed by atoms with Crippen LogP contribution in [0.5, 0.6) is 0 Å². The van der Waals surface area contributed by atoms with Crippen LogP contribution in [0.1, 0.15) is 51.4 Å². The van der Waals surface area contributed by atoms with E-state index in [1.54, 1.807) is 0 Å². The van der Waals surface area contributed by atoms with Crippen LogP contribution >= 0.6 is 33.2 Å². The average molecular weight is 272 g/mol. The zero-order valence-electron chi connectivity index (χ0n) is 8.37. The molecule has 0 saturated heterocycles. The summed E-state index contributed by atoms with van der Waals surface area (Å²) in [5.41, 5.74) is 0. The minimum absolute atomic E-state index is 0.134. The Morgan fingerprint density at radius 2 is 1.50 bits per heavy atom. The highest BCUT2D eigenvalue weighted by Crippen LogP contribution is 2.61. The van der Waals surface area contributed by atoms with Gasteiger partial charge in [0.2, 0.25) is 0 Å². The van der Waals surface area contributed by atoms with Gasteiger partial charge < -0.3 is 0 Å². The third-order valence-corrected chi connectivity index (χ3v) is 9.74. The molecule has 0 N–H and O–H groups in total. The Labute approximate surface area is 101 Å². The van der Waals surface area contributed by atoms with Crippen molar-refractivity contribution in [2.75, 3.05) is 0 Å². The highest BCUT2D eigenvalue weighted by atomic mass is 35.8. The second-order valence-corrected chi connectivity index (χ2v) is 13.9. The summed E-state index contributed by atoms with van der Waals surface area (Å²) in [7, 11) is 0. The van der Waals surface area contributed by atoms with Crippen molar-refractivity contribution in [2.24, 2.45) is 5.92 Å². The number of halogens is 3. The molecule has 0 aliphatic heterocycles. The van der Waals surface area contributed by atoms with Gasteiger partial charge in [0.05, 0.1) is 0 Å². The summed E-state index contributed by atoms with van der Waals surface area (Å²) >= 11 is 18.9. The molecule has 0 aromatic rings. The van der Waals surface area contributed by atoms with Crippen LogP contribution < -0.4 is 0 Å². The molecule has 2 bridgehead atoms. The summed E-state index contributed by atoms with van der Waals surface area (Å²) < 4.78 is 0. The van der Waals surface area contributed by atoms with Gasteiger partial charge in [0.1, 0.15) is 0 Å². The van der Waals surface area contributed by atoms with Gasteiger partial charge in [-0.2, -0.15) is 0 Å². The van der Waals surface area contributed by atoms with Crippen molar-refractivity contribution in [1.29, 1.82) is 0 Å². The van der Waals surface area contributed by atoms with Gasteiger partial charge in [-0.05, 0) is 25.2 Å². The van der Waals surface area contributed by atoms with Gasteiger partial charge >= 0.3 is 6.00 Å². The fourth-order valence-corrected chi connectivity index (χ4v) is 6.96. The van der Waals surface area contributed by atoms with Gasteiger partial charge in [-0.1, -0.05) is 32.1 Å². The number of hydrogen-bond donors (Lipinski definition) is 0. The van der Waals surface area contributed by atoms with E-state index in [1.165, 1.54) is 51.4 Å². The zero-order chi connectivity index (χ0) is 10.2. The lowest BCUT2D eigenvalue weighted by Crippen LogP contribution is -2.38. The Bertz CT molecular complexity index is 198. The van der Waals surface area contributed by atoms with Crippen LogP contribution in [0.15, 0.2) is 0 Å². The van der Waals surface area contributed by atoms with Crippen LogP contribution in [0.4, 0.5) is 0 Å². The van der Waals surface area contributed by atoms with E-state index in [9.17, 15) is 0 Å². The first-order chi connectivity index (χ1) is 6.54. The molecule has 82 valence electrons. The lowest BCUT2D eigenvalue weighted by molar-refractivity contribution is 0.228. The maximum Gasteiger partial charge on any atom is 0.347 e. The molecule has 3 fully saturated rings. The van der Waals surface area contributed by atoms with Crippen LogP contribution in [0.3, 0.4) is 0 Å². The van der Waals surface area contributed by atoms with Crippen molar-refractivity contribution < 1.29 is 0 Å². The molecule has 3 rings (SSSR count). The van der Waals surface area contributed by atoms with E-state index in [0.29, 0.717) is 0 Å². The van der Waals surface area contributed by atoms with Crippen molar-refractivity contribution in [3.63, 3.8) is 0 Å². The van der Waals surface area contributed by atoms with Crippen LogP contribution in [-0.2, 0) is 0 Å². The molecule has 0 aromatic heterocycles. The van der Waals surface area contributed by atoms with E-state index in [2.05, 4.69) is 0 Å². The molecule has 0 spiro atoms. The molecule has 0 heterocycles. The van der Waals surface area contributed by atoms with Crippen LogP contribution in [0.2, 0.25) is 5.04 Å². The summed E-state index contributed by atoms with van der Waals surface area (Å²) in [6.07, 6.45) is 10.2. The highest BCUT2D eigenvalue weighted by Gasteiger charge is 2.52. The lowest BCUT2D eigenvalue weighted by Gasteiger charge is -2.45. The molecule has 0 radical (unpaired) electrons. The second-order valence-electron chi connectivity index (χ2n) is 4.97. The van der Waals surface area contributed by atoms with E-state index in [4.69, 9.17) is 33.2 Å². The number of hydrogen-bond acceptors (Lipinski definition) is 0. The summed E-state index contributed by atoms with van der Waals surface area (Å²) in [6.45, 7) is 0. The van der Waals surface area contributed by atoms with Crippen molar-refractivity contribution in [1.82, 2.24) is 0 Å². The first-order valence-corrected chi connectivity index (χ1v) is 10.6. The minimum Gasteiger partial charge on any atom is -0.125 e. The SMILES string of the molecule is Cl[Si](Cl)(Cl)C12CCCCC(CC1)CC2. The molecular formula is C10H17Cl3Si. The predicted molar refractivity (Wildman–Crippen MR) is 66.4 cm³/mol. The van der Waals surface area contributed by atoms with Gasteiger partial charge in [-0.15, -0.1) is 33.2 Å². The van der Waals surface area contributed by atoms with Crippen molar-refractivity contribution >= 4 is 39.2 Å². The van der Waals surface area contributed by atoms with Crippen LogP contribution in [-0.4, -0.2) is 6.00 Å². The molecule has 14 heavy (non-hydrogen) atoms. The molecular weight excluding hydrogens is 255 g/mol. The van der Waals surface area contributed by atoms with Crippen molar-refractivity contribution in [3.05, 3.63) is 0 Å². The maximum atomic E-state index is 6.29. The summed E-state index contributed by atoms with van der Waals surface area (Å²) in [5, 5.41) is 0.134. The Balaban J connectivity index is 2.17. The zero-order valence-corrected chi connectivity index (χ0v) is 11.6. The highest BCUT2D eigenvalue weighted by molar-refractivity contribution is 7.65. The topological polar surface area (TPSA) is 0 Å². The molecule has 0 amide bonds. The van der Waals surface area contributed by atoms with Crippen molar-refractivity contribution in [3.8, 4) is 0 Å². The Morgan fingerprint density at radius 3 is 2.07 bits per heavy atom. The Kier molecular flexibility index (Phi) is 3.44. The molecule has 4 heteroatoms. The number of fused-ring (bicyclic) bond motifs is 5. The number of rotatable bonds is 1. The molecule has 3 saturated carbocycles. The van der Waals surface area contributed by atoms with Gasteiger partial charge in [-0.3, -0.25) is 0 Å². The van der Waals surface area contributed by atoms with E-state index in [0.717, 1.165) is 5.92 Å². The first kappa shape index (κ1) is 11.6. The molecule has 3 aliphatic carbocycles. The van der Waals surface area contributed by atoms with Gasteiger partial charge in [-0.25, -0.2) is 0 Å². The monoisotopic (exact) mass is 270 g/mol. The van der Waals surface area contributed by atoms with Crippen molar-refractivity contribution in [2.45, 2.75) is 56.4 Å². The van der Waals surface area contributed by atoms with E-state index >= 15 is 0 Å². The smallest absolute Gasteiger partial charge is 0.125 e. The normalized spacial score (nSPS) is 39.2. The fourth-order valence-electron chi connectivity index (χ4n) is 3.09. The quantitative estimate of drug-likeness (QED) is 0.457. The average Bonchev–Trinajstić information content (AvgIpc) is 2.03. The first-order valence-electron chi connectivity index (χ1n) is 5.60. The molecule has 0 nitrogen and oxygen atoms in total.